The summed E-state index contributed by atoms with van der Waals surface area (Å²) in [4.78, 5) is 41.3. The molecular formula is C36H34BrClN4O5. The first-order valence-electron chi connectivity index (χ1n) is 14.9. The molecule has 0 spiro atoms. The van der Waals surface area contributed by atoms with Crippen LogP contribution in [0.3, 0.4) is 0 Å². The van der Waals surface area contributed by atoms with Crippen LogP contribution < -0.4 is 25.1 Å². The molecule has 0 atom stereocenters. The maximum absolute atomic E-state index is 13.3. The lowest BCUT2D eigenvalue weighted by molar-refractivity contribution is -0.117. The van der Waals surface area contributed by atoms with Crippen molar-refractivity contribution in [2.24, 2.45) is 5.10 Å². The standard InChI is InChI=1S/C36H34BrClN4O5/c1-4-42(5-2)28-18-11-24(12-19-28)21-31(40-34(43)29-9-7-8-10-30(29)38)35(44)41-39-23-25-13-20-32(33(22-25)46-6-3)47-36(45)26-14-16-27(37)17-15-26/h7-23H,4-6H2,1-3H3,(H,40,43)(H,41,44)/b31-21-,39-23?. The van der Waals surface area contributed by atoms with Gasteiger partial charge in [-0.2, -0.15) is 5.10 Å². The average Bonchev–Trinajstić information content (AvgIpc) is 3.07. The first kappa shape index (κ1) is 34.9. The maximum atomic E-state index is 13.3. The monoisotopic (exact) mass is 716 g/mol. The fraction of sp³-hybridized carbons (Fsp3) is 0.167. The summed E-state index contributed by atoms with van der Waals surface area (Å²) in [6.07, 6.45) is 2.97. The Morgan fingerprint density at radius 2 is 1.55 bits per heavy atom. The number of hydrogen-bond donors (Lipinski definition) is 2. The number of carbonyl (C=O) groups is 3. The number of hydrogen-bond acceptors (Lipinski definition) is 7. The number of ether oxygens (including phenoxy) is 2. The largest absolute Gasteiger partial charge is 0.490 e. The predicted octanol–water partition coefficient (Wildman–Crippen LogP) is 7.49. The molecular weight excluding hydrogens is 684 g/mol. The van der Waals surface area contributed by atoms with E-state index in [1.807, 2.05) is 31.2 Å². The fourth-order valence-corrected chi connectivity index (χ4v) is 4.94. The molecule has 4 aromatic rings. The van der Waals surface area contributed by atoms with Gasteiger partial charge in [0.2, 0.25) is 0 Å². The molecule has 0 aliphatic rings. The molecule has 0 heterocycles. The van der Waals surface area contributed by atoms with Crippen LogP contribution in [0.4, 0.5) is 5.69 Å². The second-order valence-electron chi connectivity index (χ2n) is 9.99. The molecule has 2 N–H and O–H groups in total. The summed E-state index contributed by atoms with van der Waals surface area (Å²) in [5.41, 5.74) is 5.35. The number of anilines is 1. The summed E-state index contributed by atoms with van der Waals surface area (Å²) >= 11 is 9.58. The molecule has 0 bridgehead atoms. The van der Waals surface area contributed by atoms with Gasteiger partial charge in [-0.05, 0) is 105 Å². The predicted molar refractivity (Wildman–Crippen MR) is 189 cm³/mol. The van der Waals surface area contributed by atoms with E-state index in [9.17, 15) is 14.4 Å². The van der Waals surface area contributed by atoms with E-state index in [0.717, 1.165) is 23.2 Å². The van der Waals surface area contributed by atoms with E-state index in [-0.39, 0.29) is 22.0 Å². The van der Waals surface area contributed by atoms with Crippen molar-refractivity contribution in [3.63, 3.8) is 0 Å². The summed E-state index contributed by atoms with van der Waals surface area (Å²) in [7, 11) is 0. The number of carbonyl (C=O) groups excluding carboxylic acids is 3. The van der Waals surface area contributed by atoms with Crippen LogP contribution in [0.25, 0.3) is 6.08 Å². The summed E-state index contributed by atoms with van der Waals surface area (Å²) in [6, 6.07) is 25.9. The molecule has 0 unspecified atom stereocenters. The normalized spacial score (nSPS) is 11.2. The minimum atomic E-state index is -0.653. The van der Waals surface area contributed by atoms with Crippen LogP contribution in [-0.2, 0) is 4.79 Å². The summed E-state index contributed by atoms with van der Waals surface area (Å²) < 4.78 is 12.1. The van der Waals surface area contributed by atoms with E-state index < -0.39 is 17.8 Å². The van der Waals surface area contributed by atoms with E-state index in [0.29, 0.717) is 29.0 Å². The van der Waals surface area contributed by atoms with E-state index in [1.165, 1.54) is 6.21 Å². The van der Waals surface area contributed by atoms with E-state index in [2.05, 4.69) is 50.5 Å². The Labute approximate surface area is 287 Å². The second-order valence-corrected chi connectivity index (χ2v) is 11.3. The highest BCUT2D eigenvalue weighted by molar-refractivity contribution is 9.10. The molecule has 0 saturated carbocycles. The van der Waals surface area contributed by atoms with Gasteiger partial charge in [-0.1, -0.05) is 51.8 Å². The van der Waals surface area contributed by atoms with Gasteiger partial charge in [-0.3, -0.25) is 9.59 Å². The molecule has 0 saturated heterocycles. The second kappa shape index (κ2) is 17.1. The molecule has 0 fully saturated rings. The zero-order chi connectivity index (χ0) is 33.8. The van der Waals surface area contributed by atoms with Gasteiger partial charge in [0, 0.05) is 23.2 Å². The number of amides is 2. The van der Waals surface area contributed by atoms with E-state index in [1.54, 1.807) is 72.8 Å². The van der Waals surface area contributed by atoms with Crippen LogP contribution in [0.2, 0.25) is 5.02 Å². The molecule has 0 radical (unpaired) electrons. The molecule has 9 nitrogen and oxygen atoms in total. The minimum absolute atomic E-state index is 0.0344. The van der Waals surface area contributed by atoms with Gasteiger partial charge < -0.3 is 19.7 Å². The number of halogens is 2. The molecule has 47 heavy (non-hydrogen) atoms. The van der Waals surface area contributed by atoms with Gasteiger partial charge in [0.1, 0.15) is 5.70 Å². The lowest BCUT2D eigenvalue weighted by atomic mass is 10.1. The van der Waals surface area contributed by atoms with Crippen LogP contribution in [0.15, 0.2) is 106 Å². The third kappa shape index (κ3) is 9.78. The van der Waals surface area contributed by atoms with Crippen molar-refractivity contribution in [3.8, 4) is 11.5 Å². The summed E-state index contributed by atoms with van der Waals surface area (Å²) in [5.74, 6) is -1.17. The van der Waals surface area contributed by atoms with Crippen molar-refractivity contribution < 1.29 is 23.9 Å². The Kier molecular flexibility index (Phi) is 12.7. The van der Waals surface area contributed by atoms with Crippen molar-refractivity contribution >= 4 is 63.3 Å². The lowest BCUT2D eigenvalue weighted by Gasteiger charge is -2.21. The Hall–Kier alpha value is -4.93. The Morgan fingerprint density at radius 3 is 2.21 bits per heavy atom. The number of nitrogens with one attached hydrogen (secondary N) is 2. The Bertz CT molecular complexity index is 1770. The highest BCUT2D eigenvalue weighted by atomic mass is 79.9. The highest BCUT2D eigenvalue weighted by Crippen LogP contribution is 2.29. The molecule has 2 amide bonds. The van der Waals surface area contributed by atoms with Crippen molar-refractivity contribution in [2.75, 3.05) is 24.6 Å². The molecule has 0 aliphatic heterocycles. The van der Waals surface area contributed by atoms with Gasteiger partial charge in [-0.15, -0.1) is 0 Å². The molecule has 0 aromatic heterocycles. The SMILES string of the molecule is CCOc1cc(C=NNC(=O)/C(=C/c2ccc(N(CC)CC)cc2)NC(=O)c2ccccc2Cl)ccc1OC(=O)c1ccc(Br)cc1. The first-order chi connectivity index (χ1) is 22.7. The summed E-state index contributed by atoms with van der Waals surface area (Å²) in [6.45, 7) is 8.01. The van der Waals surface area contributed by atoms with Gasteiger partial charge in [0.25, 0.3) is 11.8 Å². The van der Waals surface area contributed by atoms with Crippen molar-refractivity contribution in [2.45, 2.75) is 20.8 Å². The smallest absolute Gasteiger partial charge is 0.343 e. The molecule has 4 aromatic carbocycles. The molecule has 0 aliphatic carbocycles. The third-order valence-electron chi connectivity index (χ3n) is 6.87. The van der Waals surface area contributed by atoms with Crippen molar-refractivity contribution in [3.05, 3.63) is 128 Å². The number of nitrogens with zero attached hydrogens (tertiary/aromatic N) is 2. The Balaban J connectivity index is 1.53. The quantitative estimate of drug-likeness (QED) is 0.0488. The lowest BCUT2D eigenvalue weighted by Crippen LogP contribution is -2.33. The maximum Gasteiger partial charge on any atom is 0.343 e. The number of benzene rings is 4. The van der Waals surface area contributed by atoms with Crippen molar-refractivity contribution in [1.82, 2.24) is 10.7 Å². The zero-order valence-corrected chi connectivity index (χ0v) is 28.5. The van der Waals surface area contributed by atoms with Crippen LogP contribution in [0.1, 0.15) is 52.6 Å². The number of esters is 1. The van der Waals surface area contributed by atoms with Crippen LogP contribution in [0, 0.1) is 0 Å². The van der Waals surface area contributed by atoms with E-state index >= 15 is 0 Å². The highest BCUT2D eigenvalue weighted by Gasteiger charge is 2.17. The van der Waals surface area contributed by atoms with Crippen LogP contribution in [-0.4, -0.2) is 43.7 Å². The zero-order valence-electron chi connectivity index (χ0n) is 26.1. The number of rotatable bonds is 13. The van der Waals surface area contributed by atoms with Gasteiger partial charge >= 0.3 is 5.97 Å². The molecule has 11 heteroatoms. The number of hydrazone groups is 1. The van der Waals surface area contributed by atoms with Gasteiger partial charge in [0.05, 0.1) is 29.0 Å². The van der Waals surface area contributed by atoms with Gasteiger partial charge in [-0.25, -0.2) is 10.2 Å². The minimum Gasteiger partial charge on any atom is -0.490 e. The fourth-order valence-electron chi connectivity index (χ4n) is 4.46. The Morgan fingerprint density at radius 1 is 0.872 bits per heavy atom. The van der Waals surface area contributed by atoms with E-state index in [4.69, 9.17) is 21.1 Å². The van der Waals surface area contributed by atoms with Crippen LogP contribution >= 0.6 is 27.5 Å². The topological polar surface area (TPSA) is 109 Å². The summed E-state index contributed by atoms with van der Waals surface area (Å²) in [5, 5.41) is 7.01. The van der Waals surface area contributed by atoms with Crippen molar-refractivity contribution in [1.29, 1.82) is 0 Å². The third-order valence-corrected chi connectivity index (χ3v) is 7.73. The van der Waals surface area contributed by atoms with Gasteiger partial charge in [0.15, 0.2) is 11.5 Å². The first-order valence-corrected chi connectivity index (χ1v) is 16.1. The average molecular weight is 718 g/mol. The molecule has 242 valence electrons. The molecule has 4 rings (SSSR count). The van der Waals surface area contributed by atoms with Crippen LogP contribution in [0.5, 0.6) is 11.5 Å².